The molecule has 0 bridgehead atoms. The number of rotatable bonds is 6. The molecule has 0 radical (unpaired) electrons. The van der Waals surface area contributed by atoms with Crippen molar-refractivity contribution in [1.29, 1.82) is 0 Å². The molecule has 1 fully saturated rings. The molecular formula is C29H25F2N5O2S. The van der Waals surface area contributed by atoms with E-state index < -0.39 is 29.5 Å². The van der Waals surface area contributed by atoms with Gasteiger partial charge in [-0.15, -0.1) is 11.3 Å². The minimum Gasteiger partial charge on any atom is -0.369 e. The first-order chi connectivity index (χ1) is 19.0. The average molecular weight is 546 g/mol. The summed E-state index contributed by atoms with van der Waals surface area (Å²) >= 11 is 1.19. The Kier molecular flexibility index (Phi) is 6.80. The van der Waals surface area contributed by atoms with Crippen LogP contribution in [-0.2, 0) is 11.3 Å². The molecule has 198 valence electrons. The summed E-state index contributed by atoms with van der Waals surface area (Å²) in [7, 11) is 0. The van der Waals surface area contributed by atoms with E-state index in [1.807, 2.05) is 24.3 Å². The fourth-order valence-electron chi connectivity index (χ4n) is 5.13. The van der Waals surface area contributed by atoms with Gasteiger partial charge >= 0.3 is 0 Å². The summed E-state index contributed by atoms with van der Waals surface area (Å²) in [4.78, 5) is 34.7. The highest BCUT2D eigenvalue weighted by molar-refractivity contribution is 7.13. The minimum atomic E-state index is -1.38. The largest absolute Gasteiger partial charge is 0.369 e. The van der Waals surface area contributed by atoms with Crippen LogP contribution in [0.25, 0.3) is 11.1 Å². The number of anilines is 2. The lowest BCUT2D eigenvalue weighted by Crippen LogP contribution is -2.43. The van der Waals surface area contributed by atoms with E-state index in [1.165, 1.54) is 22.4 Å². The van der Waals surface area contributed by atoms with E-state index in [4.69, 9.17) is 0 Å². The number of aromatic nitrogens is 1. The van der Waals surface area contributed by atoms with Gasteiger partial charge in [-0.25, -0.2) is 13.8 Å². The molecule has 0 saturated carbocycles. The summed E-state index contributed by atoms with van der Waals surface area (Å²) in [6.07, 6.45) is 1.52. The van der Waals surface area contributed by atoms with Gasteiger partial charge < -0.3 is 15.1 Å². The smallest absolute Gasteiger partial charge is 0.255 e. The van der Waals surface area contributed by atoms with Crippen LogP contribution in [0.5, 0.6) is 0 Å². The summed E-state index contributed by atoms with van der Waals surface area (Å²) in [5.41, 5.74) is 3.89. The second kappa shape index (κ2) is 10.5. The molecule has 1 atom stereocenters. The van der Waals surface area contributed by atoms with E-state index >= 15 is 0 Å². The zero-order valence-corrected chi connectivity index (χ0v) is 21.7. The SMILES string of the molecule is O=C(Nc1nccs1)C(c1cc(F)ccc1F)N1Cc2ccc(-c3ccc(N4CCNCC4)cc3)cc2C1=O. The molecule has 6 rings (SSSR count). The van der Waals surface area contributed by atoms with E-state index in [1.54, 1.807) is 11.4 Å². The van der Waals surface area contributed by atoms with E-state index in [2.05, 4.69) is 32.7 Å². The molecule has 0 aliphatic carbocycles. The summed E-state index contributed by atoms with van der Waals surface area (Å²) in [5, 5.41) is 7.97. The number of thiazole rings is 1. The molecule has 3 heterocycles. The number of carbonyl (C=O) groups is 2. The van der Waals surface area contributed by atoms with Gasteiger partial charge in [-0.2, -0.15) is 0 Å². The number of carbonyl (C=O) groups excluding carboxylic acids is 2. The molecule has 10 heteroatoms. The van der Waals surface area contributed by atoms with Crippen LogP contribution < -0.4 is 15.5 Å². The number of piperazine rings is 1. The Morgan fingerprint density at radius 1 is 1.00 bits per heavy atom. The van der Waals surface area contributed by atoms with Gasteiger partial charge in [0, 0.05) is 61.1 Å². The monoisotopic (exact) mass is 545 g/mol. The van der Waals surface area contributed by atoms with Gasteiger partial charge in [0.05, 0.1) is 0 Å². The van der Waals surface area contributed by atoms with Gasteiger partial charge in [-0.1, -0.05) is 24.3 Å². The Labute approximate surface area is 228 Å². The lowest BCUT2D eigenvalue weighted by molar-refractivity contribution is -0.121. The van der Waals surface area contributed by atoms with Crippen LogP contribution in [0.2, 0.25) is 0 Å². The molecule has 2 N–H and O–H groups in total. The Hall–Kier alpha value is -4.15. The van der Waals surface area contributed by atoms with Gasteiger partial charge in [0.1, 0.15) is 17.7 Å². The second-order valence-electron chi connectivity index (χ2n) is 9.48. The van der Waals surface area contributed by atoms with Crippen molar-refractivity contribution in [2.24, 2.45) is 0 Å². The van der Waals surface area contributed by atoms with Gasteiger partial charge in [0.2, 0.25) is 0 Å². The maximum atomic E-state index is 14.9. The maximum Gasteiger partial charge on any atom is 0.255 e. The zero-order valence-electron chi connectivity index (χ0n) is 20.9. The predicted molar refractivity (Wildman–Crippen MR) is 147 cm³/mol. The van der Waals surface area contributed by atoms with E-state index in [-0.39, 0.29) is 12.1 Å². The van der Waals surface area contributed by atoms with Crippen LogP contribution in [0.3, 0.4) is 0 Å². The van der Waals surface area contributed by atoms with E-state index in [9.17, 15) is 18.4 Å². The first kappa shape index (κ1) is 25.1. The highest BCUT2D eigenvalue weighted by Crippen LogP contribution is 2.36. The van der Waals surface area contributed by atoms with Crippen LogP contribution in [-0.4, -0.2) is 47.9 Å². The second-order valence-corrected chi connectivity index (χ2v) is 10.4. The number of fused-ring (bicyclic) bond motifs is 1. The topological polar surface area (TPSA) is 77.6 Å². The molecule has 4 aromatic rings. The first-order valence-corrected chi connectivity index (χ1v) is 13.5. The zero-order chi connectivity index (χ0) is 26.9. The quantitative estimate of drug-likeness (QED) is 0.363. The minimum absolute atomic E-state index is 0.0856. The molecule has 39 heavy (non-hydrogen) atoms. The predicted octanol–water partition coefficient (Wildman–Crippen LogP) is 4.83. The molecule has 3 aromatic carbocycles. The van der Waals surface area contributed by atoms with Crippen molar-refractivity contribution in [2.45, 2.75) is 12.6 Å². The normalized spacial score (nSPS) is 15.8. The van der Waals surface area contributed by atoms with E-state index in [0.29, 0.717) is 16.3 Å². The van der Waals surface area contributed by atoms with Crippen molar-refractivity contribution in [3.8, 4) is 11.1 Å². The number of nitrogens with one attached hydrogen (secondary N) is 2. The number of amides is 2. The highest BCUT2D eigenvalue weighted by atomic mass is 32.1. The molecule has 1 unspecified atom stereocenters. The Bertz CT molecular complexity index is 1520. The third-order valence-electron chi connectivity index (χ3n) is 7.10. The standard InChI is InChI=1S/C29H25F2N5O2S/c30-21-5-8-25(31)24(16-21)26(27(37)34-29-33-11-14-39-29)36-17-20-2-1-19(15-23(20)28(36)38)18-3-6-22(7-4-18)35-12-9-32-10-13-35/h1-8,11,14-16,26,32H,9-10,12-13,17H2,(H,33,34,37). The number of benzene rings is 3. The summed E-state index contributed by atoms with van der Waals surface area (Å²) < 4.78 is 29.1. The summed E-state index contributed by atoms with van der Waals surface area (Å²) in [6.45, 7) is 3.89. The molecule has 2 aliphatic rings. The van der Waals surface area contributed by atoms with Crippen LogP contribution in [0.15, 0.2) is 72.2 Å². The van der Waals surface area contributed by atoms with Gasteiger partial charge in [0.25, 0.3) is 11.8 Å². The lowest BCUT2D eigenvalue weighted by atomic mass is 10.00. The third kappa shape index (κ3) is 5.00. The molecular weight excluding hydrogens is 520 g/mol. The van der Waals surface area contributed by atoms with Crippen LogP contribution in [0, 0.1) is 11.6 Å². The lowest BCUT2D eigenvalue weighted by Gasteiger charge is -2.29. The highest BCUT2D eigenvalue weighted by Gasteiger charge is 2.39. The third-order valence-corrected chi connectivity index (χ3v) is 7.79. The molecule has 7 nitrogen and oxygen atoms in total. The molecule has 1 saturated heterocycles. The van der Waals surface area contributed by atoms with Crippen molar-refractivity contribution in [3.63, 3.8) is 0 Å². The van der Waals surface area contributed by atoms with Crippen LogP contribution in [0.1, 0.15) is 27.5 Å². The van der Waals surface area contributed by atoms with Crippen LogP contribution >= 0.6 is 11.3 Å². The average Bonchev–Trinajstić information content (AvgIpc) is 3.59. The van der Waals surface area contributed by atoms with E-state index in [0.717, 1.165) is 61.2 Å². The number of hydrogen-bond donors (Lipinski definition) is 2. The van der Waals surface area contributed by atoms with Crippen molar-refractivity contribution >= 4 is 34.0 Å². The van der Waals surface area contributed by atoms with Crippen molar-refractivity contribution in [3.05, 3.63) is 101 Å². The Morgan fingerprint density at radius 2 is 1.77 bits per heavy atom. The van der Waals surface area contributed by atoms with Crippen LogP contribution in [0.4, 0.5) is 19.6 Å². The number of nitrogens with zero attached hydrogens (tertiary/aromatic N) is 3. The molecule has 2 amide bonds. The van der Waals surface area contributed by atoms with Gasteiger partial charge in [0.15, 0.2) is 5.13 Å². The molecule has 2 aliphatic heterocycles. The molecule has 0 spiro atoms. The number of halogens is 2. The fourth-order valence-corrected chi connectivity index (χ4v) is 5.66. The Morgan fingerprint density at radius 3 is 2.51 bits per heavy atom. The number of hydrogen-bond acceptors (Lipinski definition) is 6. The Balaban J connectivity index is 1.30. The van der Waals surface area contributed by atoms with Crippen molar-refractivity contribution < 1.29 is 18.4 Å². The first-order valence-electron chi connectivity index (χ1n) is 12.6. The summed E-state index contributed by atoms with van der Waals surface area (Å²) in [6, 6.07) is 15.3. The van der Waals surface area contributed by atoms with Gasteiger partial charge in [-0.05, 0) is 53.1 Å². The summed E-state index contributed by atoms with van der Waals surface area (Å²) in [5.74, 6) is -2.56. The van der Waals surface area contributed by atoms with Gasteiger partial charge in [-0.3, -0.25) is 14.9 Å². The fraction of sp³-hybridized carbons (Fsp3) is 0.207. The maximum absolute atomic E-state index is 14.9. The molecule has 1 aromatic heterocycles. The van der Waals surface area contributed by atoms with Crippen molar-refractivity contribution in [2.75, 3.05) is 36.4 Å². The van der Waals surface area contributed by atoms with Crippen molar-refractivity contribution in [1.82, 2.24) is 15.2 Å².